The molecule has 194 valence electrons. The monoisotopic (exact) mass is 521 g/mol. The summed E-state index contributed by atoms with van der Waals surface area (Å²) in [4.78, 5) is 31.5. The van der Waals surface area contributed by atoms with Crippen LogP contribution in [0.4, 0.5) is 18.0 Å². The summed E-state index contributed by atoms with van der Waals surface area (Å²) in [7, 11) is 0. The van der Waals surface area contributed by atoms with Crippen molar-refractivity contribution in [3.63, 3.8) is 0 Å². The maximum absolute atomic E-state index is 13.7. The first-order valence-corrected chi connectivity index (χ1v) is 11.9. The highest BCUT2D eigenvalue weighted by Crippen LogP contribution is 2.31. The third-order valence-corrected chi connectivity index (χ3v) is 6.60. The molecule has 0 aliphatic heterocycles. The minimum atomic E-state index is -4.62. The molecule has 0 bridgehead atoms. The van der Waals surface area contributed by atoms with Gasteiger partial charge in [-0.05, 0) is 62.2 Å². The molecule has 0 atom stereocenters. The van der Waals surface area contributed by atoms with E-state index in [1.165, 1.54) is 30.1 Å². The Labute approximate surface area is 214 Å². The van der Waals surface area contributed by atoms with Crippen LogP contribution >= 0.6 is 0 Å². The highest BCUT2D eigenvalue weighted by molar-refractivity contribution is 5.82. The van der Waals surface area contributed by atoms with Crippen LogP contribution in [0.3, 0.4) is 0 Å². The standard InChI is InChI=1S/C26H22F3N7O2/c1-16-22(23-31-15-32-36(23)20-11-9-17(14-30)10-12-20)35(24(37)33-19-6-2-3-7-19)25(38)34(16)21-8-4-5-18(13-21)26(27,28)29/h4-5,8-13,15,19H,2-3,6-7H2,1H3,(H,33,37). The summed E-state index contributed by atoms with van der Waals surface area (Å²) in [6.45, 7) is 1.54. The van der Waals surface area contributed by atoms with E-state index in [0.717, 1.165) is 47.0 Å². The van der Waals surface area contributed by atoms with Crippen molar-refractivity contribution in [3.8, 4) is 29.0 Å². The molecule has 2 aromatic carbocycles. The lowest BCUT2D eigenvalue weighted by atomic mass is 10.2. The Balaban J connectivity index is 1.71. The fraction of sp³-hybridized carbons (Fsp3) is 0.269. The van der Waals surface area contributed by atoms with Gasteiger partial charge in [-0.15, -0.1) is 0 Å². The molecule has 5 rings (SSSR count). The number of aromatic nitrogens is 5. The average Bonchev–Trinajstić information content (AvgIpc) is 3.63. The molecule has 1 aliphatic carbocycles. The summed E-state index contributed by atoms with van der Waals surface area (Å²) >= 11 is 0. The van der Waals surface area contributed by atoms with E-state index in [1.54, 1.807) is 24.3 Å². The van der Waals surface area contributed by atoms with Gasteiger partial charge in [-0.25, -0.2) is 23.8 Å². The molecular formula is C26H22F3N7O2. The second-order valence-corrected chi connectivity index (χ2v) is 9.02. The zero-order valence-electron chi connectivity index (χ0n) is 20.2. The molecule has 1 saturated carbocycles. The van der Waals surface area contributed by atoms with E-state index in [9.17, 15) is 22.8 Å². The highest BCUT2D eigenvalue weighted by Gasteiger charge is 2.32. The molecular weight excluding hydrogens is 499 g/mol. The van der Waals surface area contributed by atoms with Crippen molar-refractivity contribution in [2.45, 2.75) is 44.8 Å². The first kappa shape index (κ1) is 25.0. The quantitative estimate of drug-likeness (QED) is 0.423. The van der Waals surface area contributed by atoms with Crippen LogP contribution in [-0.2, 0) is 6.18 Å². The topological polar surface area (TPSA) is 111 Å². The van der Waals surface area contributed by atoms with E-state index in [4.69, 9.17) is 5.26 Å². The van der Waals surface area contributed by atoms with Gasteiger partial charge < -0.3 is 5.32 Å². The largest absolute Gasteiger partial charge is 0.416 e. The van der Waals surface area contributed by atoms with Gasteiger partial charge in [-0.1, -0.05) is 18.9 Å². The molecule has 38 heavy (non-hydrogen) atoms. The van der Waals surface area contributed by atoms with Gasteiger partial charge in [0, 0.05) is 6.04 Å². The van der Waals surface area contributed by atoms with Crippen LogP contribution in [0.15, 0.2) is 59.7 Å². The number of alkyl halides is 3. The van der Waals surface area contributed by atoms with Crippen molar-refractivity contribution in [1.29, 1.82) is 5.26 Å². The predicted molar refractivity (Wildman–Crippen MR) is 131 cm³/mol. The summed E-state index contributed by atoms with van der Waals surface area (Å²) < 4.78 is 43.7. The van der Waals surface area contributed by atoms with Crippen LogP contribution in [0.1, 0.15) is 42.5 Å². The van der Waals surface area contributed by atoms with Gasteiger partial charge in [0.25, 0.3) is 0 Å². The summed E-state index contributed by atoms with van der Waals surface area (Å²) in [5, 5.41) is 16.2. The van der Waals surface area contributed by atoms with Gasteiger partial charge in [0.15, 0.2) is 5.82 Å². The summed E-state index contributed by atoms with van der Waals surface area (Å²) in [5.41, 5.74) is -0.564. The van der Waals surface area contributed by atoms with Gasteiger partial charge >= 0.3 is 17.9 Å². The van der Waals surface area contributed by atoms with Gasteiger partial charge in [0.2, 0.25) is 0 Å². The third-order valence-electron chi connectivity index (χ3n) is 6.60. The molecule has 1 aliphatic rings. The number of benzene rings is 2. The van der Waals surface area contributed by atoms with Crippen molar-refractivity contribution >= 4 is 6.03 Å². The van der Waals surface area contributed by atoms with Crippen molar-refractivity contribution < 1.29 is 18.0 Å². The second-order valence-electron chi connectivity index (χ2n) is 9.02. The molecule has 2 heterocycles. The van der Waals surface area contributed by atoms with Crippen LogP contribution < -0.4 is 11.0 Å². The number of halogens is 3. The lowest BCUT2D eigenvalue weighted by Crippen LogP contribution is -2.41. The van der Waals surface area contributed by atoms with E-state index in [0.29, 0.717) is 11.3 Å². The van der Waals surface area contributed by atoms with E-state index in [2.05, 4.69) is 15.4 Å². The van der Waals surface area contributed by atoms with E-state index < -0.39 is 23.5 Å². The number of nitriles is 1. The summed E-state index contributed by atoms with van der Waals surface area (Å²) in [6.07, 6.45) is 0.0654. The highest BCUT2D eigenvalue weighted by atomic mass is 19.4. The van der Waals surface area contributed by atoms with E-state index in [1.807, 2.05) is 6.07 Å². The lowest BCUT2D eigenvalue weighted by molar-refractivity contribution is -0.137. The van der Waals surface area contributed by atoms with Gasteiger partial charge in [0.1, 0.15) is 12.0 Å². The van der Waals surface area contributed by atoms with Crippen LogP contribution in [0.5, 0.6) is 0 Å². The van der Waals surface area contributed by atoms with Gasteiger partial charge in [0.05, 0.1) is 34.3 Å². The molecule has 1 fully saturated rings. The molecule has 9 nitrogen and oxygen atoms in total. The van der Waals surface area contributed by atoms with Crippen LogP contribution in [0.25, 0.3) is 22.9 Å². The number of hydrogen-bond donors (Lipinski definition) is 1. The van der Waals surface area contributed by atoms with Crippen molar-refractivity contribution in [2.24, 2.45) is 0 Å². The first-order chi connectivity index (χ1) is 18.2. The second kappa shape index (κ2) is 9.66. The van der Waals surface area contributed by atoms with Crippen LogP contribution in [0.2, 0.25) is 0 Å². The molecule has 0 radical (unpaired) electrons. The Morgan fingerprint density at radius 2 is 1.82 bits per heavy atom. The molecule has 0 unspecified atom stereocenters. The van der Waals surface area contributed by atoms with Gasteiger partial charge in [-0.3, -0.25) is 4.57 Å². The van der Waals surface area contributed by atoms with E-state index in [-0.39, 0.29) is 28.9 Å². The SMILES string of the molecule is Cc1c(-c2ncnn2-c2ccc(C#N)cc2)n(C(=O)NC2CCCC2)c(=O)n1-c1cccc(C(F)(F)F)c1. The summed E-state index contributed by atoms with van der Waals surface area (Å²) in [5.74, 6) is 0.136. The smallest absolute Gasteiger partial charge is 0.335 e. The molecule has 0 spiro atoms. The number of imidazole rings is 1. The number of nitrogens with zero attached hydrogens (tertiary/aromatic N) is 6. The first-order valence-electron chi connectivity index (χ1n) is 11.9. The maximum Gasteiger partial charge on any atom is 0.416 e. The van der Waals surface area contributed by atoms with E-state index >= 15 is 0 Å². The van der Waals surface area contributed by atoms with Crippen molar-refractivity contribution in [1.82, 2.24) is 29.2 Å². The number of carbonyl (C=O) groups excluding carboxylic acids is 1. The molecule has 4 aromatic rings. The molecule has 0 saturated heterocycles. The number of amides is 1. The zero-order chi connectivity index (χ0) is 27.0. The Morgan fingerprint density at radius 3 is 2.47 bits per heavy atom. The number of rotatable bonds is 4. The van der Waals surface area contributed by atoms with Crippen molar-refractivity contribution in [2.75, 3.05) is 0 Å². The number of nitrogens with one attached hydrogen (secondary N) is 1. The number of hydrogen-bond acceptors (Lipinski definition) is 5. The maximum atomic E-state index is 13.7. The molecule has 2 aromatic heterocycles. The molecule has 12 heteroatoms. The zero-order valence-corrected chi connectivity index (χ0v) is 20.2. The molecule has 1 amide bonds. The van der Waals surface area contributed by atoms with Gasteiger partial charge in [-0.2, -0.15) is 23.5 Å². The third kappa shape index (κ3) is 4.47. The minimum Gasteiger partial charge on any atom is -0.335 e. The normalized spacial score (nSPS) is 14.0. The Hall–Kier alpha value is -4.66. The van der Waals surface area contributed by atoms with Crippen molar-refractivity contribution in [3.05, 3.63) is 82.2 Å². The molecule has 1 N–H and O–H groups in total. The fourth-order valence-electron chi connectivity index (χ4n) is 4.76. The lowest BCUT2D eigenvalue weighted by Gasteiger charge is -2.14. The minimum absolute atomic E-state index is 0.0413. The Morgan fingerprint density at radius 1 is 1.11 bits per heavy atom. The Kier molecular flexibility index (Phi) is 6.36. The van der Waals surface area contributed by atoms with Crippen LogP contribution in [-0.4, -0.2) is 36.0 Å². The average molecular weight is 522 g/mol. The number of carbonyl (C=O) groups is 1. The fourth-order valence-corrected chi connectivity index (χ4v) is 4.76. The predicted octanol–water partition coefficient (Wildman–Crippen LogP) is 4.59. The van der Waals surface area contributed by atoms with Crippen LogP contribution in [0, 0.1) is 18.3 Å². The summed E-state index contributed by atoms with van der Waals surface area (Å²) in [6, 6.07) is 12.0. The Bertz CT molecular complexity index is 1600.